The van der Waals surface area contributed by atoms with Gasteiger partial charge in [0.15, 0.2) is 11.5 Å². The third-order valence-corrected chi connectivity index (χ3v) is 2.35. The van der Waals surface area contributed by atoms with E-state index in [1.54, 1.807) is 0 Å². The van der Waals surface area contributed by atoms with Gasteiger partial charge in [0.05, 0.1) is 0 Å². The molecule has 2 rings (SSSR count). The van der Waals surface area contributed by atoms with E-state index in [0.29, 0.717) is 12.5 Å². The Kier molecular flexibility index (Phi) is 2.28. The number of rotatable bonds is 2. The lowest BCUT2D eigenvalue weighted by Crippen LogP contribution is -1.92. The molecule has 0 aromatic heterocycles. The van der Waals surface area contributed by atoms with Gasteiger partial charge in [-0.3, -0.25) is 0 Å². The molecule has 0 bridgehead atoms. The maximum absolute atomic E-state index is 8.38. The van der Waals surface area contributed by atoms with Crippen molar-refractivity contribution in [3.8, 4) is 16.9 Å². The number of nitrogens with zero attached hydrogens (tertiary/aromatic N) is 1. The number of hydrogen-bond donors (Lipinski definition) is 0. The minimum Gasteiger partial charge on any atom is -0.454 e. The van der Waals surface area contributed by atoms with E-state index in [-0.39, 0.29) is 0 Å². The molecule has 1 heterocycles. The molecule has 0 saturated heterocycles. The standard InChI is InChI=1S/C9H7NO2S/c10-5-13-4-7-1-2-8-9(3-7)12-6-11-8/h1-3H,4,6H2. The maximum Gasteiger partial charge on any atom is 0.231 e. The first-order chi connectivity index (χ1) is 6.40. The zero-order chi connectivity index (χ0) is 9.10. The van der Waals surface area contributed by atoms with Gasteiger partial charge in [-0.25, -0.2) is 0 Å². The summed E-state index contributed by atoms with van der Waals surface area (Å²) in [6.45, 7) is 0.296. The fourth-order valence-electron chi connectivity index (χ4n) is 1.15. The van der Waals surface area contributed by atoms with Crippen LogP contribution in [0.25, 0.3) is 0 Å². The average molecular weight is 193 g/mol. The van der Waals surface area contributed by atoms with Crippen molar-refractivity contribution in [2.45, 2.75) is 5.75 Å². The van der Waals surface area contributed by atoms with E-state index in [1.165, 1.54) is 11.8 Å². The van der Waals surface area contributed by atoms with Gasteiger partial charge in [0.1, 0.15) is 5.40 Å². The van der Waals surface area contributed by atoms with E-state index >= 15 is 0 Å². The van der Waals surface area contributed by atoms with Gasteiger partial charge in [0, 0.05) is 5.75 Å². The minimum atomic E-state index is 0.296. The van der Waals surface area contributed by atoms with Crippen LogP contribution in [0.2, 0.25) is 0 Å². The van der Waals surface area contributed by atoms with Crippen LogP contribution in [0.15, 0.2) is 18.2 Å². The highest BCUT2D eigenvalue weighted by molar-refractivity contribution is 8.02. The normalized spacial score (nSPS) is 12.5. The molecule has 0 N–H and O–H groups in total. The zero-order valence-electron chi connectivity index (χ0n) is 6.82. The van der Waals surface area contributed by atoms with Gasteiger partial charge >= 0.3 is 0 Å². The summed E-state index contributed by atoms with van der Waals surface area (Å²) in [7, 11) is 0. The number of ether oxygens (including phenoxy) is 2. The summed E-state index contributed by atoms with van der Waals surface area (Å²) in [5.41, 5.74) is 1.08. The lowest BCUT2D eigenvalue weighted by Gasteiger charge is -1.98. The topological polar surface area (TPSA) is 42.2 Å². The van der Waals surface area contributed by atoms with E-state index in [9.17, 15) is 0 Å². The van der Waals surface area contributed by atoms with Crippen LogP contribution in [-0.2, 0) is 5.75 Å². The van der Waals surface area contributed by atoms with E-state index in [1.807, 2.05) is 23.6 Å². The molecule has 0 saturated carbocycles. The van der Waals surface area contributed by atoms with Crippen molar-refractivity contribution >= 4 is 11.8 Å². The van der Waals surface area contributed by atoms with Crippen molar-refractivity contribution in [2.75, 3.05) is 6.79 Å². The van der Waals surface area contributed by atoms with Crippen molar-refractivity contribution in [3.05, 3.63) is 23.8 Å². The molecular formula is C9H7NO2S. The molecule has 3 nitrogen and oxygen atoms in total. The SMILES string of the molecule is N#CSCc1ccc2c(c1)OCO2. The predicted molar refractivity (Wildman–Crippen MR) is 49.5 cm³/mol. The first kappa shape index (κ1) is 8.27. The molecule has 1 aliphatic heterocycles. The summed E-state index contributed by atoms with van der Waals surface area (Å²) in [5.74, 6) is 2.24. The Hall–Kier alpha value is -1.34. The molecule has 1 aromatic rings. The molecule has 1 aromatic carbocycles. The van der Waals surface area contributed by atoms with Crippen LogP contribution in [0, 0.1) is 10.7 Å². The Morgan fingerprint density at radius 1 is 1.38 bits per heavy atom. The van der Waals surface area contributed by atoms with Crippen LogP contribution in [0.4, 0.5) is 0 Å². The Labute approximate surface area is 80.3 Å². The van der Waals surface area contributed by atoms with Crippen molar-refractivity contribution in [1.29, 1.82) is 5.26 Å². The first-order valence-electron chi connectivity index (χ1n) is 3.79. The first-order valence-corrected chi connectivity index (χ1v) is 4.78. The van der Waals surface area contributed by atoms with Gasteiger partial charge in [-0.2, -0.15) is 5.26 Å². The van der Waals surface area contributed by atoms with Crippen LogP contribution >= 0.6 is 11.8 Å². The smallest absolute Gasteiger partial charge is 0.231 e. The molecule has 0 amide bonds. The molecule has 0 spiro atoms. The molecule has 1 aliphatic rings. The van der Waals surface area contributed by atoms with Crippen LogP contribution in [-0.4, -0.2) is 6.79 Å². The fraction of sp³-hybridized carbons (Fsp3) is 0.222. The van der Waals surface area contributed by atoms with Crippen LogP contribution in [0.5, 0.6) is 11.5 Å². The monoisotopic (exact) mass is 193 g/mol. The molecule has 13 heavy (non-hydrogen) atoms. The molecule has 0 aliphatic carbocycles. The van der Waals surface area contributed by atoms with Gasteiger partial charge in [-0.05, 0) is 29.5 Å². The fourth-order valence-corrected chi connectivity index (χ4v) is 1.56. The maximum atomic E-state index is 8.38. The molecule has 0 radical (unpaired) electrons. The van der Waals surface area contributed by atoms with E-state index in [2.05, 4.69) is 0 Å². The highest BCUT2D eigenvalue weighted by atomic mass is 32.2. The number of benzene rings is 1. The number of thiocyanates is 1. The number of nitriles is 1. The third kappa shape index (κ3) is 1.70. The second-order valence-corrected chi connectivity index (χ2v) is 3.33. The van der Waals surface area contributed by atoms with Crippen molar-refractivity contribution < 1.29 is 9.47 Å². The van der Waals surface area contributed by atoms with Crippen LogP contribution in [0.1, 0.15) is 5.56 Å². The van der Waals surface area contributed by atoms with E-state index in [0.717, 1.165) is 17.1 Å². The second kappa shape index (κ2) is 3.58. The number of fused-ring (bicyclic) bond motifs is 1. The van der Waals surface area contributed by atoms with Gasteiger partial charge in [0.2, 0.25) is 6.79 Å². The van der Waals surface area contributed by atoms with Crippen molar-refractivity contribution in [3.63, 3.8) is 0 Å². The van der Waals surface area contributed by atoms with Gasteiger partial charge in [-0.1, -0.05) is 6.07 Å². The third-order valence-electron chi connectivity index (χ3n) is 1.74. The summed E-state index contributed by atoms with van der Waals surface area (Å²) in [5, 5.41) is 10.4. The van der Waals surface area contributed by atoms with E-state index < -0.39 is 0 Å². The average Bonchev–Trinajstić information content (AvgIpc) is 2.61. The molecule has 66 valence electrons. The highest BCUT2D eigenvalue weighted by Gasteiger charge is 2.12. The molecule has 0 atom stereocenters. The Balaban J connectivity index is 2.17. The lowest BCUT2D eigenvalue weighted by molar-refractivity contribution is 0.174. The number of thioether (sulfide) groups is 1. The molecular weight excluding hydrogens is 186 g/mol. The summed E-state index contributed by atoms with van der Waals surface area (Å²) in [6.07, 6.45) is 0. The molecule has 4 heteroatoms. The molecule has 0 fully saturated rings. The lowest BCUT2D eigenvalue weighted by atomic mass is 10.2. The highest BCUT2D eigenvalue weighted by Crippen LogP contribution is 2.33. The van der Waals surface area contributed by atoms with E-state index in [4.69, 9.17) is 14.7 Å². The Bertz CT molecular complexity index is 359. The predicted octanol–water partition coefficient (Wildman–Crippen LogP) is 2.13. The second-order valence-electron chi connectivity index (χ2n) is 2.57. The number of hydrogen-bond acceptors (Lipinski definition) is 4. The quantitative estimate of drug-likeness (QED) is 0.675. The summed E-state index contributed by atoms with van der Waals surface area (Å²) < 4.78 is 10.4. The summed E-state index contributed by atoms with van der Waals surface area (Å²) >= 11 is 1.22. The summed E-state index contributed by atoms with van der Waals surface area (Å²) in [6, 6.07) is 5.72. The van der Waals surface area contributed by atoms with Gasteiger partial charge < -0.3 is 9.47 Å². The van der Waals surface area contributed by atoms with Crippen molar-refractivity contribution in [1.82, 2.24) is 0 Å². The minimum absolute atomic E-state index is 0.296. The van der Waals surface area contributed by atoms with Crippen LogP contribution in [0.3, 0.4) is 0 Å². The zero-order valence-corrected chi connectivity index (χ0v) is 7.63. The van der Waals surface area contributed by atoms with Crippen LogP contribution < -0.4 is 9.47 Å². The van der Waals surface area contributed by atoms with Gasteiger partial charge in [-0.15, -0.1) is 0 Å². The largest absolute Gasteiger partial charge is 0.454 e. The van der Waals surface area contributed by atoms with Crippen molar-refractivity contribution in [2.24, 2.45) is 0 Å². The summed E-state index contributed by atoms with van der Waals surface area (Å²) in [4.78, 5) is 0. The Morgan fingerprint density at radius 3 is 3.08 bits per heavy atom. The molecule has 0 unspecified atom stereocenters. The Morgan fingerprint density at radius 2 is 2.23 bits per heavy atom. The van der Waals surface area contributed by atoms with Gasteiger partial charge in [0.25, 0.3) is 0 Å².